The van der Waals surface area contributed by atoms with Gasteiger partial charge in [-0.15, -0.1) is 0 Å². The Morgan fingerprint density at radius 3 is 2.61 bits per heavy atom. The van der Waals surface area contributed by atoms with Crippen LogP contribution in [0.25, 0.3) is 0 Å². The number of nitrogens with one attached hydrogen (secondary N) is 2. The summed E-state index contributed by atoms with van der Waals surface area (Å²) in [5, 5.41) is 16.2. The second kappa shape index (κ2) is 12.1. The van der Waals surface area contributed by atoms with E-state index in [0.717, 1.165) is 5.56 Å². The highest BCUT2D eigenvalue weighted by atomic mass is 35.5. The molecule has 2 N–H and O–H groups in total. The predicted molar refractivity (Wildman–Crippen MR) is 141 cm³/mol. The number of amides is 2. The standard InChI is InChI=1S/C28H25ClN4O5/c1-17(2)26(32-27(34)20-7-9-24-25(12-20)38-16-37-24)28(35)33-31-14-21-11-22(29)8-10-23(21)36-15-19-5-3-18(13-30)4-6-19/h3-12,14,17,26H,15-16H2,1-2H3,(H,32,34)(H,33,35). The van der Waals surface area contributed by atoms with Crippen molar-refractivity contribution in [3.8, 4) is 23.3 Å². The van der Waals surface area contributed by atoms with Crippen molar-refractivity contribution >= 4 is 29.6 Å². The molecule has 0 saturated carbocycles. The number of carbonyl (C=O) groups excluding carboxylic acids is 2. The molecule has 1 aliphatic heterocycles. The monoisotopic (exact) mass is 532 g/mol. The molecule has 0 radical (unpaired) electrons. The summed E-state index contributed by atoms with van der Waals surface area (Å²) in [5.41, 5.74) is 4.83. The normalized spacial score (nSPS) is 12.7. The summed E-state index contributed by atoms with van der Waals surface area (Å²) >= 11 is 6.15. The number of halogens is 1. The van der Waals surface area contributed by atoms with Crippen molar-refractivity contribution < 1.29 is 23.8 Å². The number of carbonyl (C=O) groups is 2. The number of nitriles is 1. The summed E-state index contributed by atoms with van der Waals surface area (Å²) in [6.07, 6.45) is 1.43. The average molecular weight is 533 g/mol. The smallest absolute Gasteiger partial charge is 0.262 e. The molecule has 0 bridgehead atoms. The zero-order chi connectivity index (χ0) is 27.1. The van der Waals surface area contributed by atoms with E-state index in [9.17, 15) is 9.59 Å². The van der Waals surface area contributed by atoms with Gasteiger partial charge >= 0.3 is 0 Å². The minimum absolute atomic E-state index is 0.101. The third-order valence-corrected chi connectivity index (χ3v) is 5.93. The number of nitrogens with zero attached hydrogens (tertiary/aromatic N) is 2. The summed E-state index contributed by atoms with van der Waals surface area (Å²) in [4.78, 5) is 25.7. The van der Waals surface area contributed by atoms with Crippen LogP contribution in [0.1, 0.15) is 40.9 Å². The largest absolute Gasteiger partial charge is 0.488 e. The Kier molecular flexibility index (Phi) is 8.46. The number of hydrogen-bond donors (Lipinski definition) is 2. The molecule has 3 aromatic carbocycles. The molecule has 3 aromatic rings. The number of rotatable bonds is 9. The molecule has 0 saturated heterocycles. The summed E-state index contributed by atoms with van der Waals surface area (Å²) in [7, 11) is 0. The van der Waals surface area contributed by atoms with Gasteiger partial charge in [0.1, 0.15) is 18.4 Å². The number of hydrogen-bond acceptors (Lipinski definition) is 7. The zero-order valence-corrected chi connectivity index (χ0v) is 21.5. The van der Waals surface area contributed by atoms with Gasteiger partial charge in [-0.05, 0) is 60.0 Å². The number of ether oxygens (including phenoxy) is 3. The Balaban J connectivity index is 1.39. The molecule has 1 aliphatic rings. The maximum atomic E-state index is 12.9. The van der Waals surface area contributed by atoms with Crippen molar-refractivity contribution in [2.24, 2.45) is 11.0 Å². The van der Waals surface area contributed by atoms with E-state index in [4.69, 9.17) is 31.1 Å². The molecule has 4 rings (SSSR count). The van der Waals surface area contributed by atoms with Crippen molar-refractivity contribution in [1.29, 1.82) is 5.26 Å². The molecule has 2 amide bonds. The molecule has 194 valence electrons. The Bertz CT molecular complexity index is 1400. The van der Waals surface area contributed by atoms with Gasteiger partial charge in [0.15, 0.2) is 11.5 Å². The van der Waals surface area contributed by atoms with Crippen LogP contribution in [-0.4, -0.2) is 30.9 Å². The Morgan fingerprint density at radius 1 is 1.11 bits per heavy atom. The highest BCUT2D eigenvalue weighted by Gasteiger charge is 2.25. The minimum Gasteiger partial charge on any atom is -0.488 e. The minimum atomic E-state index is -0.837. The van der Waals surface area contributed by atoms with Crippen LogP contribution in [0, 0.1) is 17.2 Å². The first-order valence-corrected chi connectivity index (χ1v) is 12.2. The molecular formula is C28H25ClN4O5. The second-order valence-electron chi connectivity index (χ2n) is 8.78. The molecule has 9 nitrogen and oxygen atoms in total. The third kappa shape index (κ3) is 6.60. The van der Waals surface area contributed by atoms with E-state index in [1.807, 2.05) is 26.0 Å². The summed E-state index contributed by atoms with van der Waals surface area (Å²) < 4.78 is 16.5. The molecule has 38 heavy (non-hydrogen) atoms. The van der Waals surface area contributed by atoms with Crippen LogP contribution < -0.4 is 25.0 Å². The highest BCUT2D eigenvalue weighted by Crippen LogP contribution is 2.32. The predicted octanol–water partition coefficient (Wildman–Crippen LogP) is 4.42. The first-order valence-electron chi connectivity index (χ1n) is 11.8. The SMILES string of the molecule is CC(C)C(NC(=O)c1ccc2c(c1)OCO2)C(=O)NN=Cc1cc(Cl)ccc1OCc1ccc(C#N)cc1. The van der Waals surface area contributed by atoms with Crippen LogP contribution in [0.5, 0.6) is 17.2 Å². The lowest BCUT2D eigenvalue weighted by Gasteiger charge is -2.20. The van der Waals surface area contributed by atoms with E-state index in [-0.39, 0.29) is 19.3 Å². The van der Waals surface area contributed by atoms with Crippen LogP contribution in [0.15, 0.2) is 65.8 Å². The fourth-order valence-electron chi connectivity index (χ4n) is 3.62. The topological polar surface area (TPSA) is 122 Å². The Hall–Kier alpha value is -4.55. The Morgan fingerprint density at radius 2 is 1.87 bits per heavy atom. The molecule has 0 aromatic heterocycles. The van der Waals surface area contributed by atoms with Crippen molar-refractivity contribution in [2.75, 3.05) is 6.79 Å². The van der Waals surface area contributed by atoms with E-state index in [2.05, 4.69) is 21.9 Å². The number of fused-ring (bicyclic) bond motifs is 1. The molecule has 1 heterocycles. The maximum absolute atomic E-state index is 12.9. The maximum Gasteiger partial charge on any atom is 0.262 e. The van der Waals surface area contributed by atoms with Gasteiger partial charge in [-0.1, -0.05) is 37.6 Å². The lowest BCUT2D eigenvalue weighted by atomic mass is 10.0. The van der Waals surface area contributed by atoms with Crippen LogP contribution in [0.2, 0.25) is 5.02 Å². The average Bonchev–Trinajstić information content (AvgIpc) is 3.39. The van der Waals surface area contributed by atoms with E-state index >= 15 is 0 Å². The van der Waals surface area contributed by atoms with Crippen molar-refractivity contribution in [3.05, 3.63) is 87.9 Å². The van der Waals surface area contributed by atoms with Gasteiger partial charge in [0.2, 0.25) is 6.79 Å². The first kappa shape index (κ1) is 26.5. The zero-order valence-electron chi connectivity index (χ0n) is 20.7. The fourth-order valence-corrected chi connectivity index (χ4v) is 3.80. The third-order valence-electron chi connectivity index (χ3n) is 5.70. The Labute approximate surface area is 225 Å². The lowest BCUT2D eigenvalue weighted by Crippen LogP contribution is -2.48. The van der Waals surface area contributed by atoms with E-state index in [0.29, 0.717) is 39.0 Å². The van der Waals surface area contributed by atoms with Crippen molar-refractivity contribution in [3.63, 3.8) is 0 Å². The van der Waals surface area contributed by atoms with E-state index in [1.165, 1.54) is 6.21 Å². The van der Waals surface area contributed by atoms with Crippen LogP contribution in [0.4, 0.5) is 0 Å². The molecule has 0 fully saturated rings. The second-order valence-corrected chi connectivity index (χ2v) is 9.21. The van der Waals surface area contributed by atoms with Gasteiger partial charge < -0.3 is 19.5 Å². The van der Waals surface area contributed by atoms with Crippen LogP contribution in [-0.2, 0) is 11.4 Å². The van der Waals surface area contributed by atoms with E-state index < -0.39 is 17.9 Å². The molecular weight excluding hydrogens is 508 g/mol. The first-order chi connectivity index (χ1) is 18.3. The molecule has 1 atom stereocenters. The number of hydrazone groups is 1. The van der Waals surface area contributed by atoms with Gasteiger partial charge in [-0.3, -0.25) is 9.59 Å². The van der Waals surface area contributed by atoms with Crippen molar-refractivity contribution in [1.82, 2.24) is 10.7 Å². The quantitative estimate of drug-likeness (QED) is 0.310. The lowest BCUT2D eigenvalue weighted by molar-refractivity contribution is -0.123. The summed E-state index contributed by atoms with van der Waals surface area (Å²) in [6, 6.07) is 18.2. The van der Waals surface area contributed by atoms with Gasteiger partial charge in [-0.2, -0.15) is 10.4 Å². The molecule has 0 aliphatic carbocycles. The molecule has 10 heteroatoms. The highest BCUT2D eigenvalue weighted by molar-refractivity contribution is 6.30. The summed E-state index contributed by atoms with van der Waals surface area (Å²) in [6.45, 7) is 4.01. The van der Waals surface area contributed by atoms with Gasteiger partial charge in [0, 0.05) is 16.1 Å². The number of benzene rings is 3. The molecule has 0 spiro atoms. The van der Waals surface area contributed by atoms with Crippen LogP contribution in [0.3, 0.4) is 0 Å². The van der Waals surface area contributed by atoms with Gasteiger partial charge in [-0.25, -0.2) is 5.43 Å². The summed E-state index contributed by atoms with van der Waals surface area (Å²) in [5.74, 6) is 0.442. The van der Waals surface area contributed by atoms with Gasteiger partial charge in [0.05, 0.1) is 17.8 Å². The van der Waals surface area contributed by atoms with Gasteiger partial charge in [0.25, 0.3) is 11.8 Å². The van der Waals surface area contributed by atoms with E-state index in [1.54, 1.807) is 48.5 Å². The van der Waals surface area contributed by atoms with Crippen molar-refractivity contribution in [2.45, 2.75) is 26.5 Å². The van der Waals surface area contributed by atoms with Crippen LogP contribution >= 0.6 is 11.6 Å². The fraction of sp³-hybridized carbons (Fsp3) is 0.214. The molecule has 1 unspecified atom stereocenters.